The molecule has 1 amide bonds. The predicted octanol–water partition coefficient (Wildman–Crippen LogP) is 0.150. The zero-order valence-corrected chi connectivity index (χ0v) is 9.99. The molecule has 1 aliphatic rings. The zero-order valence-electron chi connectivity index (χ0n) is 9.99. The first-order chi connectivity index (χ1) is 7.65. The number of esters is 1. The summed E-state index contributed by atoms with van der Waals surface area (Å²) in [6.07, 6.45) is 2.45. The van der Waals surface area contributed by atoms with E-state index in [4.69, 9.17) is 0 Å². The molecule has 5 nitrogen and oxygen atoms in total. The molecule has 0 spiro atoms. The molecular formula is C11H20N2O3. The molecule has 1 aliphatic heterocycles. The molecule has 0 aromatic rings. The molecule has 1 unspecified atom stereocenters. The van der Waals surface area contributed by atoms with Gasteiger partial charge in [-0.05, 0) is 19.4 Å². The molecule has 0 aliphatic carbocycles. The van der Waals surface area contributed by atoms with Gasteiger partial charge in [-0.25, -0.2) is 0 Å². The number of carbonyl (C=O) groups excluding carboxylic acids is 2. The highest BCUT2D eigenvalue weighted by molar-refractivity contribution is 5.78. The standard InChI is InChI=1S/C11H20N2O3/c1-3-6-13(8-11(15)16-2)7-9-4-5-10(14)12-9/h9H,3-8H2,1-2H3,(H,12,14). The van der Waals surface area contributed by atoms with E-state index in [0.29, 0.717) is 13.0 Å². The summed E-state index contributed by atoms with van der Waals surface area (Å²) in [7, 11) is 1.39. The monoisotopic (exact) mass is 228 g/mol. The van der Waals surface area contributed by atoms with Gasteiger partial charge in [-0.3, -0.25) is 14.5 Å². The fourth-order valence-corrected chi connectivity index (χ4v) is 1.92. The quantitative estimate of drug-likeness (QED) is 0.657. The summed E-state index contributed by atoms with van der Waals surface area (Å²) in [4.78, 5) is 24.3. The normalized spacial score (nSPS) is 19.9. The molecule has 1 N–H and O–H groups in total. The maximum Gasteiger partial charge on any atom is 0.319 e. The summed E-state index contributed by atoms with van der Waals surface area (Å²) in [5, 5.41) is 2.90. The van der Waals surface area contributed by atoms with Crippen molar-refractivity contribution in [1.29, 1.82) is 0 Å². The minimum absolute atomic E-state index is 0.111. The molecular weight excluding hydrogens is 208 g/mol. The molecule has 0 bridgehead atoms. The average Bonchev–Trinajstić information content (AvgIpc) is 2.64. The van der Waals surface area contributed by atoms with Gasteiger partial charge in [0.1, 0.15) is 0 Å². The number of rotatable bonds is 6. The fraction of sp³-hybridized carbons (Fsp3) is 0.818. The highest BCUT2D eigenvalue weighted by Crippen LogP contribution is 2.08. The van der Waals surface area contributed by atoms with Crippen molar-refractivity contribution in [2.75, 3.05) is 26.7 Å². The van der Waals surface area contributed by atoms with Crippen LogP contribution in [0.3, 0.4) is 0 Å². The Kier molecular flexibility index (Phi) is 5.25. The molecule has 1 atom stereocenters. The molecule has 1 heterocycles. The molecule has 0 aromatic heterocycles. The summed E-state index contributed by atoms with van der Waals surface area (Å²) in [5.74, 6) is -0.114. The lowest BCUT2D eigenvalue weighted by Crippen LogP contribution is -2.41. The molecule has 0 aromatic carbocycles. The highest BCUT2D eigenvalue weighted by Gasteiger charge is 2.23. The van der Waals surface area contributed by atoms with Crippen molar-refractivity contribution >= 4 is 11.9 Å². The van der Waals surface area contributed by atoms with Crippen LogP contribution in [0, 0.1) is 0 Å². The molecule has 5 heteroatoms. The zero-order chi connectivity index (χ0) is 12.0. The Hall–Kier alpha value is -1.10. The van der Waals surface area contributed by atoms with E-state index in [1.54, 1.807) is 0 Å². The lowest BCUT2D eigenvalue weighted by Gasteiger charge is -2.23. The van der Waals surface area contributed by atoms with Crippen LogP contribution in [0.2, 0.25) is 0 Å². The van der Waals surface area contributed by atoms with Gasteiger partial charge in [0, 0.05) is 19.0 Å². The highest BCUT2D eigenvalue weighted by atomic mass is 16.5. The Morgan fingerprint density at radius 2 is 2.38 bits per heavy atom. The minimum Gasteiger partial charge on any atom is -0.468 e. The van der Waals surface area contributed by atoms with Crippen LogP contribution >= 0.6 is 0 Å². The Balaban J connectivity index is 2.37. The first-order valence-corrected chi connectivity index (χ1v) is 5.74. The van der Waals surface area contributed by atoms with Gasteiger partial charge >= 0.3 is 5.97 Å². The lowest BCUT2D eigenvalue weighted by molar-refractivity contribution is -0.142. The average molecular weight is 228 g/mol. The summed E-state index contributed by atoms with van der Waals surface area (Å²) in [5.41, 5.74) is 0. The lowest BCUT2D eigenvalue weighted by atomic mass is 10.2. The third-order valence-corrected chi connectivity index (χ3v) is 2.68. The van der Waals surface area contributed by atoms with Crippen LogP contribution in [0.1, 0.15) is 26.2 Å². The second-order valence-electron chi connectivity index (χ2n) is 4.11. The summed E-state index contributed by atoms with van der Waals surface area (Å²) in [6.45, 7) is 3.95. The van der Waals surface area contributed by atoms with Gasteiger partial charge in [-0.1, -0.05) is 6.92 Å². The van der Waals surface area contributed by atoms with E-state index >= 15 is 0 Å². The van der Waals surface area contributed by atoms with Gasteiger partial charge in [-0.2, -0.15) is 0 Å². The molecule has 0 radical (unpaired) electrons. The number of hydrogen-bond donors (Lipinski definition) is 1. The molecule has 1 saturated heterocycles. The van der Waals surface area contributed by atoms with Crippen molar-refractivity contribution in [3.8, 4) is 0 Å². The summed E-state index contributed by atoms with van der Waals surface area (Å²) in [6, 6.07) is 0.184. The summed E-state index contributed by atoms with van der Waals surface area (Å²) >= 11 is 0. The number of nitrogens with one attached hydrogen (secondary N) is 1. The van der Waals surface area contributed by atoms with E-state index in [1.807, 2.05) is 4.90 Å². The van der Waals surface area contributed by atoms with Gasteiger partial charge in [0.25, 0.3) is 0 Å². The maximum atomic E-state index is 11.2. The van der Waals surface area contributed by atoms with Gasteiger partial charge in [0.15, 0.2) is 0 Å². The SMILES string of the molecule is CCCN(CC(=O)OC)CC1CCC(=O)N1. The third-order valence-electron chi connectivity index (χ3n) is 2.68. The molecule has 0 saturated carbocycles. The van der Waals surface area contributed by atoms with Crippen LogP contribution in [-0.4, -0.2) is 49.6 Å². The van der Waals surface area contributed by atoms with Crippen LogP contribution in [0.5, 0.6) is 0 Å². The van der Waals surface area contributed by atoms with E-state index in [-0.39, 0.29) is 17.9 Å². The molecule has 1 fully saturated rings. The van der Waals surface area contributed by atoms with Crippen molar-refractivity contribution in [3.05, 3.63) is 0 Å². The van der Waals surface area contributed by atoms with Gasteiger partial charge < -0.3 is 10.1 Å². The smallest absolute Gasteiger partial charge is 0.319 e. The van der Waals surface area contributed by atoms with Gasteiger partial charge in [-0.15, -0.1) is 0 Å². The van der Waals surface area contributed by atoms with Gasteiger partial charge in [0.2, 0.25) is 5.91 Å². The number of carbonyl (C=O) groups is 2. The number of amides is 1. The van der Waals surface area contributed by atoms with E-state index in [2.05, 4.69) is 17.0 Å². The maximum absolute atomic E-state index is 11.2. The van der Waals surface area contributed by atoms with E-state index in [9.17, 15) is 9.59 Å². The number of hydrogen-bond acceptors (Lipinski definition) is 4. The second-order valence-corrected chi connectivity index (χ2v) is 4.11. The van der Waals surface area contributed by atoms with E-state index < -0.39 is 0 Å². The third kappa shape index (κ3) is 4.18. The van der Waals surface area contributed by atoms with Crippen LogP contribution in [-0.2, 0) is 14.3 Å². The van der Waals surface area contributed by atoms with Crippen LogP contribution in [0.15, 0.2) is 0 Å². The topological polar surface area (TPSA) is 58.6 Å². The predicted molar refractivity (Wildman–Crippen MR) is 59.9 cm³/mol. The van der Waals surface area contributed by atoms with Crippen LogP contribution in [0.4, 0.5) is 0 Å². The molecule has 16 heavy (non-hydrogen) atoms. The fourth-order valence-electron chi connectivity index (χ4n) is 1.92. The number of ether oxygens (including phenoxy) is 1. The van der Waals surface area contributed by atoms with Crippen molar-refractivity contribution in [2.24, 2.45) is 0 Å². The Morgan fingerprint density at radius 3 is 2.88 bits per heavy atom. The van der Waals surface area contributed by atoms with Crippen molar-refractivity contribution < 1.29 is 14.3 Å². The Morgan fingerprint density at radius 1 is 1.62 bits per heavy atom. The first-order valence-electron chi connectivity index (χ1n) is 5.74. The second kappa shape index (κ2) is 6.48. The first kappa shape index (κ1) is 13.0. The largest absolute Gasteiger partial charge is 0.468 e. The van der Waals surface area contributed by atoms with Gasteiger partial charge in [0.05, 0.1) is 13.7 Å². The van der Waals surface area contributed by atoms with Crippen molar-refractivity contribution in [2.45, 2.75) is 32.2 Å². The molecule has 92 valence electrons. The van der Waals surface area contributed by atoms with Crippen LogP contribution < -0.4 is 5.32 Å². The molecule has 1 rings (SSSR count). The Bertz CT molecular complexity index is 256. The number of methoxy groups -OCH3 is 1. The van der Waals surface area contributed by atoms with E-state index in [0.717, 1.165) is 25.9 Å². The Labute approximate surface area is 96.1 Å². The van der Waals surface area contributed by atoms with Crippen LogP contribution in [0.25, 0.3) is 0 Å². The van der Waals surface area contributed by atoms with Crippen molar-refractivity contribution in [1.82, 2.24) is 10.2 Å². The number of nitrogens with zero attached hydrogens (tertiary/aromatic N) is 1. The van der Waals surface area contributed by atoms with Crippen molar-refractivity contribution in [3.63, 3.8) is 0 Å². The van der Waals surface area contributed by atoms with E-state index in [1.165, 1.54) is 7.11 Å². The minimum atomic E-state index is -0.224. The summed E-state index contributed by atoms with van der Waals surface area (Å²) < 4.78 is 4.64.